The minimum atomic E-state index is 0.124. The van der Waals surface area contributed by atoms with E-state index in [0.29, 0.717) is 6.61 Å². The smallest absolute Gasteiger partial charge is 0.254 e. The highest BCUT2D eigenvalue weighted by atomic mass is 16.5. The predicted octanol–water partition coefficient (Wildman–Crippen LogP) is 4.61. The van der Waals surface area contributed by atoms with Gasteiger partial charge in [0, 0.05) is 36.3 Å². The van der Waals surface area contributed by atoms with Gasteiger partial charge in [-0.1, -0.05) is 30.3 Å². The minimum absolute atomic E-state index is 0.124. The highest BCUT2D eigenvalue weighted by Gasteiger charge is 2.41. The molecule has 0 saturated carbocycles. The van der Waals surface area contributed by atoms with Crippen LogP contribution >= 0.6 is 0 Å². The number of nitrogens with zero attached hydrogens (tertiary/aromatic N) is 2. The Labute approximate surface area is 169 Å². The standard InChI is InChI=1S/C25H22N2O2/c1-26-10-9-18-11-17(6-8-24(18)26)22-4-2-3-16-12-19(5-7-23(16)22)25(28)27-14-21-13-20(27)15-29-21/h2-12,20-21H,13-15H2,1H3/t20-,21-/m1/s1. The van der Waals surface area contributed by atoms with E-state index in [1.165, 1.54) is 27.4 Å². The van der Waals surface area contributed by atoms with Crippen LogP contribution in [0.5, 0.6) is 0 Å². The van der Waals surface area contributed by atoms with Gasteiger partial charge in [0.1, 0.15) is 0 Å². The Morgan fingerprint density at radius 2 is 1.97 bits per heavy atom. The van der Waals surface area contributed by atoms with Crippen molar-refractivity contribution in [2.24, 2.45) is 7.05 Å². The molecule has 4 aromatic rings. The maximum atomic E-state index is 13.1. The van der Waals surface area contributed by atoms with Crippen LogP contribution in [0.25, 0.3) is 32.8 Å². The predicted molar refractivity (Wildman–Crippen MR) is 115 cm³/mol. The lowest BCUT2D eigenvalue weighted by Gasteiger charge is -2.27. The van der Waals surface area contributed by atoms with Crippen LogP contribution in [0.1, 0.15) is 16.8 Å². The number of rotatable bonds is 2. The number of hydrogen-bond donors (Lipinski definition) is 0. The Morgan fingerprint density at radius 1 is 1.03 bits per heavy atom. The number of ether oxygens (including phenoxy) is 1. The van der Waals surface area contributed by atoms with Crippen molar-refractivity contribution in [3.63, 3.8) is 0 Å². The average molecular weight is 382 g/mol. The maximum Gasteiger partial charge on any atom is 0.254 e. The summed E-state index contributed by atoms with van der Waals surface area (Å²) < 4.78 is 7.77. The third-order valence-corrected chi connectivity index (χ3v) is 6.48. The number of morpholine rings is 1. The summed E-state index contributed by atoms with van der Waals surface area (Å²) in [6.07, 6.45) is 3.29. The second-order valence-corrected chi connectivity index (χ2v) is 8.24. The molecule has 0 N–H and O–H groups in total. The van der Waals surface area contributed by atoms with E-state index in [4.69, 9.17) is 4.74 Å². The average Bonchev–Trinajstić information content (AvgIpc) is 3.48. The van der Waals surface area contributed by atoms with Crippen LogP contribution in [0.3, 0.4) is 0 Å². The summed E-state index contributed by atoms with van der Waals surface area (Å²) in [5, 5.41) is 3.51. The molecule has 6 rings (SSSR count). The monoisotopic (exact) mass is 382 g/mol. The zero-order valence-corrected chi connectivity index (χ0v) is 16.3. The maximum absolute atomic E-state index is 13.1. The molecule has 1 amide bonds. The number of fused-ring (bicyclic) bond motifs is 4. The van der Waals surface area contributed by atoms with Gasteiger partial charge < -0.3 is 14.2 Å². The molecule has 4 heteroatoms. The third kappa shape index (κ3) is 2.60. The lowest BCUT2D eigenvalue weighted by molar-refractivity contribution is 0.0259. The summed E-state index contributed by atoms with van der Waals surface area (Å²) in [5.41, 5.74) is 4.38. The zero-order valence-electron chi connectivity index (χ0n) is 16.3. The number of aryl methyl sites for hydroxylation is 1. The zero-order chi connectivity index (χ0) is 19.5. The molecule has 3 heterocycles. The summed E-state index contributed by atoms with van der Waals surface area (Å²) in [7, 11) is 2.07. The van der Waals surface area contributed by atoms with E-state index in [0.717, 1.165) is 23.9 Å². The number of hydrogen-bond acceptors (Lipinski definition) is 2. The fourth-order valence-corrected chi connectivity index (χ4v) is 4.93. The summed E-state index contributed by atoms with van der Waals surface area (Å²) in [6, 6.07) is 21.4. The van der Waals surface area contributed by atoms with Crippen LogP contribution in [0, 0.1) is 0 Å². The molecule has 2 aliphatic heterocycles. The van der Waals surface area contributed by atoms with E-state index < -0.39 is 0 Å². The summed E-state index contributed by atoms with van der Waals surface area (Å²) in [4.78, 5) is 15.0. The summed E-state index contributed by atoms with van der Waals surface area (Å²) in [5.74, 6) is 0.124. The number of aromatic nitrogens is 1. The van der Waals surface area contributed by atoms with Gasteiger partial charge in [0.15, 0.2) is 0 Å². The van der Waals surface area contributed by atoms with Gasteiger partial charge in [-0.15, -0.1) is 0 Å². The highest BCUT2D eigenvalue weighted by Crippen LogP contribution is 2.33. The van der Waals surface area contributed by atoms with E-state index in [1.807, 2.05) is 17.0 Å². The fourth-order valence-electron chi connectivity index (χ4n) is 4.93. The molecular weight excluding hydrogens is 360 g/mol. The van der Waals surface area contributed by atoms with E-state index in [-0.39, 0.29) is 18.1 Å². The van der Waals surface area contributed by atoms with Crippen LogP contribution in [-0.4, -0.2) is 40.7 Å². The number of carbonyl (C=O) groups is 1. The first kappa shape index (κ1) is 16.8. The number of benzene rings is 3. The van der Waals surface area contributed by atoms with E-state index in [9.17, 15) is 4.79 Å². The van der Waals surface area contributed by atoms with Crippen molar-refractivity contribution in [3.8, 4) is 11.1 Å². The lowest BCUT2D eigenvalue weighted by atomic mass is 9.96. The molecule has 3 aromatic carbocycles. The Balaban J connectivity index is 1.40. The van der Waals surface area contributed by atoms with E-state index in [1.54, 1.807) is 0 Å². The van der Waals surface area contributed by atoms with Gasteiger partial charge >= 0.3 is 0 Å². The molecule has 0 radical (unpaired) electrons. The first-order chi connectivity index (χ1) is 14.2. The third-order valence-electron chi connectivity index (χ3n) is 6.48. The van der Waals surface area contributed by atoms with Crippen LogP contribution < -0.4 is 0 Å². The minimum Gasteiger partial charge on any atom is -0.374 e. The van der Waals surface area contributed by atoms with Crippen molar-refractivity contribution in [1.29, 1.82) is 0 Å². The molecule has 1 aromatic heterocycles. The fraction of sp³-hybridized carbons (Fsp3) is 0.240. The Kier molecular flexibility index (Phi) is 3.59. The topological polar surface area (TPSA) is 34.5 Å². The lowest BCUT2D eigenvalue weighted by Crippen LogP contribution is -2.41. The van der Waals surface area contributed by atoms with Crippen LogP contribution in [0.4, 0.5) is 0 Å². The van der Waals surface area contributed by atoms with Gasteiger partial charge in [0.25, 0.3) is 5.91 Å². The largest absolute Gasteiger partial charge is 0.374 e. The molecular formula is C25H22N2O2. The first-order valence-corrected chi connectivity index (χ1v) is 10.2. The summed E-state index contributed by atoms with van der Waals surface area (Å²) >= 11 is 0. The van der Waals surface area contributed by atoms with Gasteiger partial charge in [0.05, 0.1) is 18.8 Å². The molecule has 29 heavy (non-hydrogen) atoms. The van der Waals surface area contributed by atoms with Crippen molar-refractivity contribution >= 4 is 27.6 Å². The van der Waals surface area contributed by atoms with Gasteiger partial charge in [0.2, 0.25) is 0 Å². The second kappa shape index (κ2) is 6.19. The van der Waals surface area contributed by atoms with Crippen molar-refractivity contribution in [2.75, 3.05) is 13.2 Å². The van der Waals surface area contributed by atoms with E-state index in [2.05, 4.69) is 66.3 Å². The van der Waals surface area contributed by atoms with Crippen LogP contribution in [-0.2, 0) is 11.8 Å². The van der Waals surface area contributed by atoms with Crippen molar-refractivity contribution in [2.45, 2.75) is 18.6 Å². The summed E-state index contributed by atoms with van der Waals surface area (Å²) in [6.45, 7) is 1.40. The SMILES string of the molecule is Cn1ccc2cc(-c3cccc4cc(C(=O)N5C[C@H]6C[C@@H]5CO6)ccc34)ccc21. The molecule has 2 aliphatic rings. The van der Waals surface area contributed by atoms with Crippen molar-refractivity contribution in [1.82, 2.24) is 9.47 Å². The Morgan fingerprint density at radius 3 is 2.79 bits per heavy atom. The van der Waals surface area contributed by atoms with Crippen LogP contribution in [0.15, 0.2) is 66.9 Å². The van der Waals surface area contributed by atoms with E-state index >= 15 is 0 Å². The van der Waals surface area contributed by atoms with Gasteiger partial charge in [-0.2, -0.15) is 0 Å². The molecule has 0 spiro atoms. The molecule has 4 nitrogen and oxygen atoms in total. The second-order valence-electron chi connectivity index (χ2n) is 8.24. The number of carbonyl (C=O) groups excluding carboxylic acids is 1. The molecule has 144 valence electrons. The Bertz CT molecular complexity index is 1270. The van der Waals surface area contributed by atoms with Gasteiger partial charge in [-0.05, 0) is 58.7 Å². The molecule has 2 bridgehead atoms. The van der Waals surface area contributed by atoms with Crippen molar-refractivity contribution in [3.05, 3.63) is 72.4 Å². The van der Waals surface area contributed by atoms with Crippen LogP contribution in [0.2, 0.25) is 0 Å². The number of amides is 1. The number of likely N-dealkylation sites (tertiary alicyclic amines) is 1. The van der Waals surface area contributed by atoms with Gasteiger partial charge in [-0.3, -0.25) is 4.79 Å². The molecule has 2 fully saturated rings. The van der Waals surface area contributed by atoms with Crippen molar-refractivity contribution < 1.29 is 9.53 Å². The first-order valence-electron chi connectivity index (χ1n) is 10.2. The Hall–Kier alpha value is -3.11. The molecule has 2 saturated heterocycles. The quantitative estimate of drug-likeness (QED) is 0.507. The molecule has 0 aliphatic carbocycles. The normalized spacial score (nSPS) is 20.8. The highest BCUT2D eigenvalue weighted by molar-refractivity contribution is 6.03. The molecule has 2 atom stereocenters. The van der Waals surface area contributed by atoms with Gasteiger partial charge in [-0.25, -0.2) is 0 Å². The molecule has 0 unspecified atom stereocenters.